The van der Waals surface area contributed by atoms with Crippen molar-refractivity contribution in [2.24, 2.45) is 11.8 Å². The molecule has 2 aliphatic rings. The average Bonchev–Trinajstić information content (AvgIpc) is 2.51. The van der Waals surface area contributed by atoms with Crippen LogP contribution in [0.2, 0.25) is 0 Å². The minimum Gasteiger partial charge on any atom is -0.481 e. The Morgan fingerprint density at radius 2 is 1.89 bits per heavy atom. The molecule has 3 atom stereocenters. The second-order valence-corrected chi connectivity index (χ2v) is 6.39. The number of rotatable bonds is 1. The van der Waals surface area contributed by atoms with Crippen LogP contribution in [0.4, 0.5) is 4.79 Å². The van der Waals surface area contributed by atoms with Crippen LogP contribution in [0.3, 0.4) is 0 Å². The monoisotopic (exact) mass is 255 g/mol. The number of fused-ring (bicyclic) bond motifs is 2. The van der Waals surface area contributed by atoms with Crippen LogP contribution in [0.15, 0.2) is 0 Å². The van der Waals surface area contributed by atoms with Gasteiger partial charge in [0.05, 0.1) is 5.92 Å². The van der Waals surface area contributed by atoms with Crippen molar-refractivity contribution in [3.63, 3.8) is 0 Å². The predicted octanol–water partition coefficient (Wildman–Crippen LogP) is 2.11. The van der Waals surface area contributed by atoms with Gasteiger partial charge in [-0.3, -0.25) is 4.79 Å². The van der Waals surface area contributed by atoms with Crippen molar-refractivity contribution in [1.82, 2.24) is 4.90 Å². The molecule has 2 fully saturated rings. The van der Waals surface area contributed by atoms with Crippen molar-refractivity contribution in [1.29, 1.82) is 0 Å². The molecule has 2 bridgehead atoms. The Morgan fingerprint density at radius 3 is 2.44 bits per heavy atom. The topological polar surface area (TPSA) is 66.8 Å². The molecule has 1 N–H and O–H groups in total. The Kier molecular flexibility index (Phi) is 3.25. The highest BCUT2D eigenvalue weighted by molar-refractivity contribution is 5.72. The van der Waals surface area contributed by atoms with Gasteiger partial charge in [0.15, 0.2) is 0 Å². The summed E-state index contributed by atoms with van der Waals surface area (Å²) in [6.45, 7) is 6.16. The summed E-state index contributed by atoms with van der Waals surface area (Å²) >= 11 is 0. The van der Waals surface area contributed by atoms with Crippen LogP contribution in [-0.4, -0.2) is 40.3 Å². The summed E-state index contributed by atoms with van der Waals surface area (Å²) in [5.41, 5.74) is -0.500. The number of carboxylic acids is 1. The van der Waals surface area contributed by atoms with Crippen molar-refractivity contribution in [3.05, 3.63) is 0 Å². The van der Waals surface area contributed by atoms with E-state index >= 15 is 0 Å². The van der Waals surface area contributed by atoms with E-state index < -0.39 is 11.6 Å². The highest BCUT2D eigenvalue weighted by atomic mass is 16.6. The van der Waals surface area contributed by atoms with Gasteiger partial charge in [-0.05, 0) is 46.0 Å². The van der Waals surface area contributed by atoms with E-state index in [9.17, 15) is 9.59 Å². The highest BCUT2D eigenvalue weighted by Gasteiger charge is 2.44. The van der Waals surface area contributed by atoms with E-state index in [2.05, 4.69) is 0 Å². The van der Waals surface area contributed by atoms with Crippen LogP contribution in [0.1, 0.15) is 40.0 Å². The zero-order chi connectivity index (χ0) is 13.5. The number of nitrogens with zero attached hydrogens (tertiary/aromatic N) is 1. The number of carbonyl (C=O) groups is 2. The van der Waals surface area contributed by atoms with Crippen LogP contribution < -0.4 is 0 Å². The van der Waals surface area contributed by atoms with E-state index in [0.29, 0.717) is 25.3 Å². The molecule has 0 unspecified atom stereocenters. The van der Waals surface area contributed by atoms with Gasteiger partial charge < -0.3 is 14.7 Å². The number of likely N-dealkylation sites (tertiary alicyclic amines) is 1. The van der Waals surface area contributed by atoms with E-state index in [1.165, 1.54) is 0 Å². The molecule has 5 heteroatoms. The lowest BCUT2D eigenvalue weighted by molar-refractivity contribution is -0.143. The molecule has 0 spiro atoms. The van der Waals surface area contributed by atoms with Crippen LogP contribution in [0, 0.1) is 11.8 Å². The lowest BCUT2D eigenvalue weighted by Gasteiger charge is -2.29. The molecule has 1 aliphatic carbocycles. The van der Waals surface area contributed by atoms with E-state index in [0.717, 1.165) is 6.42 Å². The second kappa shape index (κ2) is 4.44. The molecule has 1 amide bonds. The van der Waals surface area contributed by atoms with Crippen molar-refractivity contribution in [2.75, 3.05) is 6.54 Å². The molecule has 1 heterocycles. The Morgan fingerprint density at radius 1 is 1.22 bits per heavy atom. The fourth-order valence-corrected chi connectivity index (χ4v) is 2.98. The van der Waals surface area contributed by atoms with Gasteiger partial charge in [0.2, 0.25) is 0 Å². The molecule has 0 radical (unpaired) electrons. The smallest absolute Gasteiger partial charge is 0.410 e. The van der Waals surface area contributed by atoms with Gasteiger partial charge in [-0.25, -0.2) is 4.79 Å². The first-order valence-corrected chi connectivity index (χ1v) is 6.48. The molecule has 1 saturated carbocycles. The molecule has 102 valence electrons. The zero-order valence-corrected chi connectivity index (χ0v) is 11.2. The average molecular weight is 255 g/mol. The van der Waals surface area contributed by atoms with Crippen molar-refractivity contribution in [2.45, 2.75) is 51.7 Å². The SMILES string of the molecule is CC(C)(C)OC(=O)N1C[C@H]2C[C@H](C(=O)O)C[C@H]1C2. The number of amides is 1. The molecule has 1 aliphatic heterocycles. The summed E-state index contributed by atoms with van der Waals surface area (Å²) in [6, 6.07) is 0.0414. The number of hydrogen-bond acceptors (Lipinski definition) is 3. The molecule has 0 aromatic rings. The van der Waals surface area contributed by atoms with Gasteiger partial charge in [0, 0.05) is 12.6 Å². The lowest BCUT2D eigenvalue weighted by atomic mass is 9.82. The first-order valence-electron chi connectivity index (χ1n) is 6.48. The largest absolute Gasteiger partial charge is 0.481 e. The van der Waals surface area contributed by atoms with Crippen LogP contribution in [0.5, 0.6) is 0 Å². The second-order valence-electron chi connectivity index (χ2n) is 6.39. The number of ether oxygens (including phenoxy) is 1. The van der Waals surface area contributed by atoms with Crippen LogP contribution >= 0.6 is 0 Å². The molecule has 5 nitrogen and oxygen atoms in total. The quantitative estimate of drug-likeness (QED) is 0.779. The highest BCUT2D eigenvalue weighted by Crippen LogP contribution is 2.39. The van der Waals surface area contributed by atoms with Crippen molar-refractivity contribution >= 4 is 12.1 Å². The van der Waals surface area contributed by atoms with E-state index in [1.54, 1.807) is 4.90 Å². The Balaban J connectivity index is 2.01. The third kappa shape index (κ3) is 2.76. The lowest BCUT2D eigenvalue weighted by Crippen LogP contribution is -2.40. The summed E-state index contributed by atoms with van der Waals surface area (Å²) < 4.78 is 5.37. The maximum Gasteiger partial charge on any atom is 0.410 e. The summed E-state index contributed by atoms with van der Waals surface area (Å²) in [6.07, 6.45) is 1.86. The van der Waals surface area contributed by atoms with E-state index in [-0.39, 0.29) is 18.1 Å². The number of aliphatic carboxylic acids is 1. The molecule has 0 aromatic heterocycles. The maximum atomic E-state index is 12.0. The molecule has 1 saturated heterocycles. The summed E-state index contributed by atoms with van der Waals surface area (Å²) in [5.74, 6) is -0.728. The Labute approximate surface area is 107 Å². The third-order valence-corrected chi connectivity index (χ3v) is 3.65. The number of carboxylic acid groups (broad SMARTS) is 1. The Hall–Kier alpha value is -1.26. The molecule has 0 aromatic carbocycles. The first kappa shape index (κ1) is 13.2. The zero-order valence-electron chi connectivity index (χ0n) is 11.2. The molecule has 18 heavy (non-hydrogen) atoms. The standard InChI is InChI=1S/C13H21NO4/c1-13(2,3)18-12(17)14-7-8-4-9(11(15)16)6-10(14)5-8/h8-10H,4-7H2,1-3H3,(H,15,16)/t8-,9-,10+/m0/s1. The van der Waals surface area contributed by atoms with Gasteiger partial charge in [-0.1, -0.05) is 0 Å². The normalized spacial score (nSPS) is 31.3. The van der Waals surface area contributed by atoms with E-state index in [1.807, 2.05) is 20.8 Å². The van der Waals surface area contributed by atoms with Crippen LogP contribution in [0.25, 0.3) is 0 Å². The minimum atomic E-state index is -0.740. The fourth-order valence-electron chi connectivity index (χ4n) is 2.98. The summed E-state index contributed by atoms with van der Waals surface area (Å²) in [7, 11) is 0. The van der Waals surface area contributed by atoms with Gasteiger partial charge in [-0.2, -0.15) is 0 Å². The summed E-state index contributed by atoms with van der Waals surface area (Å²) in [5, 5.41) is 9.08. The third-order valence-electron chi connectivity index (χ3n) is 3.65. The number of hydrogen-bond donors (Lipinski definition) is 1. The van der Waals surface area contributed by atoms with Gasteiger partial charge in [-0.15, -0.1) is 0 Å². The van der Waals surface area contributed by atoms with Crippen molar-refractivity contribution < 1.29 is 19.4 Å². The summed E-state index contributed by atoms with van der Waals surface area (Å²) in [4.78, 5) is 24.8. The van der Waals surface area contributed by atoms with Crippen molar-refractivity contribution in [3.8, 4) is 0 Å². The fraction of sp³-hybridized carbons (Fsp3) is 0.846. The maximum absolute atomic E-state index is 12.0. The predicted molar refractivity (Wildman–Crippen MR) is 65.2 cm³/mol. The molecular weight excluding hydrogens is 234 g/mol. The molecule has 2 rings (SSSR count). The van der Waals surface area contributed by atoms with Gasteiger partial charge >= 0.3 is 12.1 Å². The molecular formula is C13H21NO4. The first-order chi connectivity index (χ1) is 8.26. The van der Waals surface area contributed by atoms with Gasteiger partial charge in [0.1, 0.15) is 5.60 Å². The minimum absolute atomic E-state index is 0.0414. The number of carbonyl (C=O) groups excluding carboxylic acids is 1. The van der Waals surface area contributed by atoms with Gasteiger partial charge in [0.25, 0.3) is 0 Å². The Bertz CT molecular complexity index is 360. The van der Waals surface area contributed by atoms with E-state index in [4.69, 9.17) is 9.84 Å². The van der Waals surface area contributed by atoms with Crippen LogP contribution in [-0.2, 0) is 9.53 Å².